The van der Waals surface area contributed by atoms with Crippen LogP contribution in [0.25, 0.3) is 5.65 Å². The summed E-state index contributed by atoms with van der Waals surface area (Å²) >= 11 is 0. The number of rotatable bonds is 3. The van der Waals surface area contributed by atoms with Crippen molar-refractivity contribution in [1.29, 1.82) is 0 Å². The van der Waals surface area contributed by atoms with Gasteiger partial charge in [0.2, 0.25) is 0 Å². The normalized spacial score (nSPS) is 24.3. The third kappa shape index (κ3) is 2.14. The SMILES string of the molecule is CC[C@@H]1CCCC[C@H]1Nc1ccc2nnnn2n1. The minimum atomic E-state index is 0.533. The Labute approximate surface area is 106 Å². The molecule has 96 valence electrons. The second kappa shape index (κ2) is 4.88. The number of anilines is 1. The molecular formula is C12H18N6. The molecule has 0 amide bonds. The summed E-state index contributed by atoms with van der Waals surface area (Å²) in [6.07, 6.45) is 6.44. The highest BCUT2D eigenvalue weighted by atomic mass is 15.6. The van der Waals surface area contributed by atoms with Gasteiger partial charge in [0.25, 0.3) is 0 Å². The molecule has 6 heteroatoms. The average Bonchev–Trinajstić information content (AvgIpc) is 2.87. The molecule has 0 saturated heterocycles. The van der Waals surface area contributed by atoms with Crippen LogP contribution in [0, 0.1) is 5.92 Å². The molecule has 2 atom stereocenters. The number of nitrogens with one attached hydrogen (secondary N) is 1. The molecule has 0 bridgehead atoms. The topological polar surface area (TPSA) is 68.0 Å². The van der Waals surface area contributed by atoms with Crippen molar-refractivity contribution in [2.45, 2.75) is 45.1 Å². The van der Waals surface area contributed by atoms with Gasteiger partial charge < -0.3 is 5.32 Å². The molecule has 2 aromatic heterocycles. The lowest BCUT2D eigenvalue weighted by Gasteiger charge is -2.31. The van der Waals surface area contributed by atoms with Crippen molar-refractivity contribution in [2.75, 3.05) is 5.32 Å². The summed E-state index contributed by atoms with van der Waals surface area (Å²) in [6.45, 7) is 2.27. The van der Waals surface area contributed by atoms with Gasteiger partial charge in [-0.15, -0.1) is 14.8 Å². The van der Waals surface area contributed by atoms with Gasteiger partial charge in [-0.2, -0.15) is 0 Å². The van der Waals surface area contributed by atoms with Gasteiger partial charge in [0.1, 0.15) is 5.82 Å². The van der Waals surface area contributed by atoms with E-state index >= 15 is 0 Å². The molecule has 1 aliphatic carbocycles. The Morgan fingerprint density at radius 3 is 3.11 bits per heavy atom. The highest BCUT2D eigenvalue weighted by Crippen LogP contribution is 2.28. The monoisotopic (exact) mass is 246 g/mol. The number of hydrogen-bond acceptors (Lipinski definition) is 5. The summed E-state index contributed by atoms with van der Waals surface area (Å²) in [7, 11) is 0. The quantitative estimate of drug-likeness (QED) is 0.895. The van der Waals surface area contributed by atoms with Crippen LogP contribution in [0.5, 0.6) is 0 Å². The number of fused-ring (bicyclic) bond motifs is 1. The van der Waals surface area contributed by atoms with Crippen LogP contribution in [0.2, 0.25) is 0 Å². The number of aromatic nitrogens is 5. The molecule has 2 aromatic rings. The maximum atomic E-state index is 4.37. The van der Waals surface area contributed by atoms with E-state index in [1.165, 1.54) is 36.7 Å². The molecule has 0 spiro atoms. The highest BCUT2D eigenvalue weighted by molar-refractivity contribution is 5.42. The second-order valence-corrected chi connectivity index (χ2v) is 4.95. The molecule has 18 heavy (non-hydrogen) atoms. The molecule has 0 radical (unpaired) electrons. The van der Waals surface area contributed by atoms with E-state index in [1.54, 1.807) is 0 Å². The molecule has 1 aliphatic rings. The number of tetrazole rings is 1. The van der Waals surface area contributed by atoms with Gasteiger partial charge in [-0.25, -0.2) is 0 Å². The van der Waals surface area contributed by atoms with E-state index in [0.717, 1.165) is 11.7 Å². The fourth-order valence-corrected chi connectivity index (χ4v) is 2.80. The number of nitrogens with zero attached hydrogens (tertiary/aromatic N) is 5. The van der Waals surface area contributed by atoms with Crippen LogP contribution in [0.1, 0.15) is 39.0 Å². The Morgan fingerprint density at radius 1 is 1.33 bits per heavy atom. The second-order valence-electron chi connectivity index (χ2n) is 4.95. The minimum absolute atomic E-state index is 0.533. The predicted molar refractivity (Wildman–Crippen MR) is 68.2 cm³/mol. The molecule has 3 rings (SSSR count). The first-order valence-corrected chi connectivity index (χ1v) is 6.69. The minimum Gasteiger partial charge on any atom is -0.366 e. The molecular weight excluding hydrogens is 228 g/mol. The Morgan fingerprint density at radius 2 is 2.22 bits per heavy atom. The van der Waals surface area contributed by atoms with Crippen molar-refractivity contribution in [1.82, 2.24) is 25.3 Å². The first kappa shape index (κ1) is 11.4. The largest absolute Gasteiger partial charge is 0.366 e. The summed E-state index contributed by atoms with van der Waals surface area (Å²) in [4.78, 5) is 0. The zero-order chi connectivity index (χ0) is 12.4. The smallest absolute Gasteiger partial charge is 0.200 e. The lowest BCUT2D eigenvalue weighted by Crippen LogP contribution is -2.32. The summed E-state index contributed by atoms with van der Waals surface area (Å²) < 4.78 is 1.46. The maximum Gasteiger partial charge on any atom is 0.200 e. The number of hydrogen-bond donors (Lipinski definition) is 1. The first-order valence-electron chi connectivity index (χ1n) is 6.69. The van der Waals surface area contributed by atoms with E-state index in [-0.39, 0.29) is 0 Å². The third-order valence-corrected chi connectivity index (χ3v) is 3.84. The van der Waals surface area contributed by atoms with Gasteiger partial charge in [0, 0.05) is 6.04 Å². The van der Waals surface area contributed by atoms with Crippen molar-refractivity contribution in [3.8, 4) is 0 Å². The third-order valence-electron chi connectivity index (χ3n) is 3.84. The Bertz CT molecular complexity index is 522. The van der Waals surface area contributed by atoms with Crippen molar-refractivity contribution in [3.05, 3.63) is 12.1 Å². The van der Waals surface area contributed by atoms with Gasteiger partial charge in [0.15, 0.2) is 5.65 Å². The van der Waals surface area contributed by atoms with Crippen LogP contribution in [-0.4, -0.2) is 31.3 Å². The van der Waals surface area contributed by atoms with E-state index in [4.69, 9.17) is 0 Å². The van der Waals surface area contributed by atoms with E-state index in [1.807, 2.05) is 12.1 Å². The van der Waals surface area contributed by atoms with E-state index in [0.29, 0.717) is 11.7 Å². The molecule has 2 heterocycles. The van der Waals surface area contributed by atoms with Crippen LogP contribution >= 0.6 is 0 Å². The molecule has 6 nitrogen and oxygen atoms in total. The van der Waals surface area contributed by atoms with Crippen LogP contribution in [0.4, 0.5) is 5.82 Å². The molecule has 1 fully saturated rings. The van der Waals surface area contributed by atoms with E-state index < -0.39 is 0 Å². The standard InChI is InChI=1S/C12H18N6/c1-2-9-5-3-4-6-10(9)13-11-7-8-12-14-16-17-18(12)15-11/h7-10H,2-6H2,1H3,(H,13,15)/t9-,10-/m1/s1. The fourth-order valence-electron chi connectivity index (χ4n) is 2.80. The predicted octanol–water partition coefficient (Wildman–Crippen LogP) is 1.90. The van der Waals surface area contributed by atoms with Gasteiger partial charge >= 0.3 is 0 Å². The molecule has 0 aliphatic heterocycles. The van der Waals surface area contributed by atoms with Crippen molar-refractivity contribution in [3.63, 3.8) is 0 Å². The van der Waals surface area contributed by atoms with Crippen LogP contribution in [0.3, 0.4) is 0 Å². The van der Waals surface area contributed by atoms with Gasteiger partial charge in [-0.1, -0.05) is 26.2 Å². The molecule has 1 saturated carbocycles. The van der Waals surface area contributed by atoms with Crippen molar-refractivity contribution < 1.29 is 0 Å². The summed E-state index contributed by atoms with van der Waals surface area (Å²) in [5, 5.41) is 19.2. The summed E-state index contributed by atoms with van der Waals surface area (Å²) in [6, 6.07) is 4.37. The summed E-state index contributed by atoms with van der Waals surface area (Å²) in [5.41, 5.74) is 0.677. The molecule has 0 aromatic carbocycles. The van der Waals surface area contributed by atoms with Gasteiger partial charge in [-0.05, 0) is 41.3 Å². The highest BCUT2D eigenvalue weighted by Gasteiger charge is 2.23. The Balaban J connectivity index is 1.77. The molecule has 1 N–H and O–H groups in total. The summed E-state index contributed by atoms with van der Waals surface area (Å²) in [5.74, 6) is 1.62. The zero-order valence-corrected chi connectivity index (χ0v) is 10.6. The van der Waals surface area contributed by atoms with Gasteiger partial charge in [0.05, 0.1) is 0 Å². The van der Waals surface area contributed by atoms with E-state index in [9.17, 15) is 0 Å². The van der Waals surface area contributed by atoms with Crippen molar-refractivity contribution >= 4 is 11.5 Å². The fraction of sp³-hybridized carbons (Fsp3) is 0.667. The maximum absolute atomic E-state index is 4.37. The van der Waals surface area contributed by atoms with Gasteiger partial charge in [-0.3, -0.25) is 0 Å². The lowest BCUT2D eigenvalue weighted by atomic mass is 9.83. The van der Waals surface area contributed by atoms with Crippen LogP contribution < -0.4 is 5.32 Å². The van der Waals surface area contributed by atoms with Crippen LogP contribution in [0.15, 0.2) is 12.1 Å². The Kier molecular flexibility index (Phi) is 3.08. The lowest BCUT2D eigenvalue weighted by molar-refractivity contribution is 0.316. The van der Waals surface area contributed by atoms with Crippen LogP contribution in [-0.2, 0) is 0 Å². The average molecular weight is 246 g/mol. The van der Waals surface area contributed by atoms with Crippen molar-refractivity contribution in [2.24, 2.45) is 5.92 Å². The molecule has 0 unspecified atom stereocenters. The Hall–Kier alpha value is -1.72. The van der Waals surface area contributed by atoms with E-state index in [2.05, 4.69) is 32.9 Å². The zero-order valence-electron chi connectivity index (χ0n) is 10.6. The first-order chi connectivity index (χ1) is 8.86.